The van der Waals surface area contributed by atoms with Crippen molar-refractivity contribution in [2.75, 3.05) is 13.7 Å². The Balaban J connectivity index is 1.70. The highest BCUT2D eigenvalue weighted by Crippen LogP contribution is 2.36. The van der Waals surface area contributed by atoms with Gasteiger partial charge in [0.05, 0.1) is 13.7 Å². The molecule has 0 radical (unpaired) electrons. The van der Waals surface area contributed by atoms with Crippen LogP contribution in [0.5, 0.6) is 5.75 Å². The quantitative estimate of drug-likeness (QED) is 0.802. The van der Waals surface area contributed by atoms with Gasteiger partial charge in [-0.3, -0.25) is 14.9 Å². The first kappa shape index (κ1) is 16.6. The number of nitrogens with zero attached hydrogens (tertiary/aromatic N) is 1. The molecular weight excluding hydrogens is 354 g/mol. The van der Waals surface area contributed by atoms with Crippen LogP contribution in [0.4, 0.5) is 4.79 Å². The molecule has 1 aromatic heterocycles. The second-order valence-electron chi connectivity index (χ2n) is 6.43. The van der Waals surface area contributed by atoms with Crippen molar-refractivity contribution in [2.45, 2.75) is 19.0 Å². The van der Waals surface area contributed by atoms with Crippen LogP contribution in [0.25, 0.3) is 0 Å². The lowest BCUT2D eigenvalue weighted by molar-refractivity contribution is -0.124. The fourth-order valence-corrected chi connectivity index (χ4v) is 4.60. The molecule has 4 rings (SSSR count). The summed E-state index contributed by atoms with van der Waals surface area (Å²) < 4.78 is 5.19. The van der Waals surface area contributed by atoms with E-state index in [4.69, 9.17) is 4.74 Å². The average Bonchev–Trinajstić information content (AvgIpc) is 3.25. The molecule has 2 N–H and O–H groups in total. The molecule has 0 saturated carbocycles. The maximum Gasteiger partial charge on any atom is 0.322 e. The minimum absolute atomic E-state index is 0.0712. The van der Waals surface area contributed by atoms with Gasteiger partial charge in [-0.15, -0.1) is 11.3 Å². The predicted octanol–water partition coefficient (Wildman–Crippen LogP) is 1.76. The van der Waals surface area contributed by atoms with E-state index in [0.717, 1.165) is 16.0 Å². The van der Waals surface area contributed by atoms with E-state index in [0.29, 0.717) is 17.9 Å². The van der Waals surface area contributed by atoms with Crippen molar-refractivity contribution in [1.29, 1.82) is 0 Å². The average molecular weight is 371 g/mol. The molecule has 2 aliphatic heterocycles. The minimum atomic E-state index is -1.27. The van der Waals surface area contributed by atoms with Crippen LogP contribution in [0.1, 0.15) is 26.4 Å². The molecule has 1 fully saturated rings. The summed E-state index contributed by atoms with van der Waals surface area (Å²) >= 11 is 1.39. The topological polar surface area (TPSA) is 87.7 Å². The predicted molar refractivity (Wildman–Crippen MR) is 95.1 cm³/mol. The summed E-state index contributed by atoms with van der Waals surface area (Å²) in [4.78, 5) is 39.8. The van der Waals surface area contributed by atoms with E-state index in [1.807, 2.05) is 24.4 Å². The molecule has 26 heavy (non-hydrogen) atoms. The van der Waals surface area contributed by atoms with Gasteiger partial charge in [-0.1, -0.05) is 6.07 Å². The fourth-order valence-electron chi connectivity index (χ4n) is 3.53. The molecule has 4 amide bonds. The van der Waals surface area contributed by atoms with E-state index in [1.54, 1.807) is 24.1 Å². The Labute approximate surface area is 153 Å². The number of amides is 4. The lowest BCUT2D eigenvalue weighted by Gasteiger charge is -2.30. The number of carbonyl (C=O) groups is 3. The van der Waals surface area contributed by atoms with E-state index < -0.39 is 17.5 Å². The second kappa shape index (κ2) is 5.84. The van der Waals surface area contributed by atoms with Crippen LogP contribution < -0.4 is 15.4 Å². The third kappa shape index (κ3) is 2.37. The van der Waals surface area contributed by atoms with Gasteiger partial charge >= 0.3 is 6.03 Å². The van der Waals surface area contributed by atoms with Crippen LogP contribution >= 0.6 is 11.3 Å². The van der Waals surface area contributed by atoms with Gasteiger partial charge < -0.3 is 15.0 Å². The number of nitrogens with one attached hydrogen (secondary N) is 2. The second-order valence-corrected chi connectivity index (χ2v) is 7.35. The molecule has 1 atom stereocenters. The molecule has 8 heteroatoms. The Morgan fingerprint density at radius 2 is 2.08 bits per heavy atom. The molecule has 1 saturated heterocycles. The SMILES string of the molecule is COc1ccc2c(c1)C(=O)N(C[C@@]1(c3sccc3C)NC(=O)NC1=O)C2. The number of methoxy groups -OCH3 is 1. The lowest BCUT2D eigenvalue weighted by Crippen LogP contribution is -2.52. The smallest absolute Gasteiger partial charge is 0.322 e. The van der Waals surface area contributed by atoms with Crippen LogP contribution in [0.3, 0.4) is 0 Å². The molecule has 0 spiro atoms. The van der Waals surface area contributed by atoms with Crippen LogP contribution in [-0.4, -0.2) is 36.4 Å². The van der Waals surface area contributed by atoms with Gasteiger partial charge in [-0.2, -0.15) is 0 Å². The van der Waals surface area contributed by atoms with E-state index in [2.05, 4.69) is 10.6 Å². The molecule has 134 valence electrons. The van der Waals surface area contributed by atoms with Crippen LogP contribution in [0.15, 0.2) is 29.6 Å². The minimum Gasteiger partial charge on any atom is -0.497 e. The first-order valence-corrected chi connectivity index (χ1v) is 8.97. The van der Waals surface area contributed by atoms with E-state index in [-0.39, 0.29) is 12.5 Å². The summed E-state index contributed by atoms with van der Waals surface area (Å²) in [5, 5.41) is 6.93. The Hall–Kier alpha value is -2.87. The van der Waals surface area contributed by atoms with Crippen molar-refractivity contribution in [3.8, 4) is 5.75 Å². The summed E-state index contributed by atoms with van der Waals surface area (Å²) in [5.74, 6) is -0.00880. The van der Waals surface area contributed by atoms with Crippen molar-refractivity contribution < 1.29 is 19.1 Å². The Morgan fingerprint density at radius 3 is 2.69 bits per heavy atom. The number of fused-ring (bicyclic) bond motifs is 1. The lowest BCUT2D eigenvalue weighted by atomic mass is 9.94. The van der Waals surface area contributed by atoms with Gasteiger partial charge in [0.15, 0.2) is 5.54 Å². The fraction of sp³-hybridized carbons (Fsp3) is 0.278. The van der Waals surface area contributed by atoms with E-state index >= 15 is 0 Å². The molecule has 0 bridgehead atoms. The van der Waals surface area contributed by atoms with Crippen molar-refractivity contribution >= 4 is 29.2 Å². The first-order valence-electron chi connectivity index (χ1n) is 8.09. The van der Waals surface area contributed by atoms with E-state index in [9.17, 15) is 14.4 Å². The number of hydrogen-bond donors (Lipinski definition) is 2. The van der Waals surface area contributed by atoms with E-state index in [1.165, 1.54) is 11.3 Å². The number of aryl methyl sites for hydroxylation is 1. The van der Waals surface area contributed by atoms with Gasteiger partial charge in [-0.05, 0) is 41.6 Å². The Bertz CT molecular complexity index is 938. The van der Waals surface area contributed by atoms with Gasteiger partial charge in [0.2, 0.25) is 0 Å². The molecule has 0 unspecified atom stereocenters. The van der Waals surface area contributed by atoms with Gasteiger partial charge in [-0.25, -0.2) is 4.79 Å². The highest BCUT2D eigenvalue weighted by atomic mass is 32.1. The van der Waals surface area contributed by atoms with Gasteiger partial charge in [0, 0.05) is 17.0 Å². The van der Waals surface area contributed by atoms with Crippen molar-refractivity contribution in [1.82, 2.24) is 15.5 Å². The highest BCUT2D eigenvalue weighted by Gasteiger charge is 2.51. The van der Waals surface area contributed by atoms with Crippen LogP contribution in [-0.2, 0) is 16.9 Å². The zero-order chi connectivity index (χ0) is 18.5. The maximum absolute atomic E-state index is 12.9. The van der Waals surface area contributed by atoms with Gasteiger partial charge in [0.25, 0.3) is 11.8 Å². The number of imide groups is 1. The van der Waals surface area contributed by atoms with Crippen LogP contribution in [0, 0.1) is 6.92 Å². The summed E-state index contributed by atoms with van der Waals surface area (Å²) in [6.45, 7) is 2.34. The number of ether oxygens (including phenoxy) is 1. The molecular formula is C18H17N3O4S. The van der Waals surface area contributed by atoms with Crippen molar-refractivity contribution in [3.05, 3.63) is 51.2 Å². The molecule has 1 aromatic carbocycles. The highest BCUT2D eigenvalue weighted by molar-refractivity contribution is 7.10. The molecule has 0 aliphatic carbocycles. The molecule has 3 heterocycles. The Kier molecular flexibility index (Phi) is 3.73. The number of rotatable bonds is 4. The summed E-state index contributed by atoms with van der Waals surface area (Å²) in [6, 6.07) is 6.70. The number of benzene rings is 1. The molecule has 2 aromatic rings. The van der Waals surface area contributed by atoms with Crippen molar-refractivity contribution in [2.24, 2.45) is 0 Å². The molecule has 7 nitrogen and oxygen atoms in total. The standard InChI is InChI=1S/C18H17N3O4S/c1-10-5-6-26-14(10)18(16(23)19-17(24)20-18)9-21-8-11-3-4-12(25-2)7-13(11)15(21)22/h3-7H,8-9H2,1-2H3,(H2,19,20,23,24)/t18-/m0/s1. The third-order valence-electron chi connectivity index (χ3n) is 4.82. The maximum atomic E-state index is 12.9. The summed E-state index contributed by atoms with van der Waals surface area (Å²) in [6.07, 6.45) is 0. The van der Waals surface area contributed by atoms with Crippen molar-refractivity contribution in [3.63, 3.8) is 0 Å². The number of hydrogen-bond acceptors (Lipinski definition) is 5. The number of urea groups is 1. The normalized spacial score (nSPS) is 21.6. The Morgan fingerprint density at radius 1 is 1.27 bits per heavy atom. The van der Waals surface area contributed by atoms with Gasteiger partial charge in [0.1, 0.15) is 5.75 Å². The first-order chi connectivity index (χ1) is 12.4. The zero-order valence-corrected chi connectivity index (χ0v) is 15.1. The summed E-state index contributed by atoms with van der Waals surface area (Å²) in [7, 11) is 1.55. The number of thiophene rings is 1. The monoisotopic (exact) mass is 371 g/mol. The largest absolute Gasteiger partial charge is 0.497 e. The summed E-state index contributed by atoms with van der Waals surface area (Å²) in [5.41, 5.74) is 1.07. The zero-order valence-electron chi connectivity index (χ0n) is 14.3. The van der Waals surface area contributed by atoms with Crippen LogP contribution in [0.2, 0.25) is 0 Å². The third-order valence-corrected chi connectivity index (χ3v) is 5.99. The number of carbonyl (C=O) groups excluding carboxylic acids is 3. The molecule has 2 aliphatic rings.